The zero-order chi connectivity index (χ0) is 33.0. The Kier molecular flexibility index (Phi) is 6.42. The van der Waals surface area contributed by atoms with Crippen LogP contribution in [0.5, 0.6) is 0 Å². The van der Waals surface area contributed by atoms with Crippen molar-refractivity contribution in [3.8, 4) is 56.4 Å². The van der Waals surface area contributed by atoms with Crippen LogP contribution in [-0.4, -0.2) is 15.0 Å². The summed E-state index contributed by atoms with van der Waals surface area (Å²) < 4.78 is 12.9. The highest BCUT2D eigenvalue weighted by Gasteiger charge is 2.19. The molecule has 0 spiro atoms. The lowest BCUT2D eigenvalue weighted by molar-refractivity contribution is 0.668. The molecule has 0 amide bonds. The normalized spacial score (nSPS) is 11.6. The highest BCUT2D eigenvalue weighted by molar-refractivity contribution is 6.09. The minimum Gasteiger partial charge on any atom is -0.456 e. The van der Waals surface area contributed by atoms with Gasteiger partial charge in [0.05, 0.1) is 5.56 Å². The van der Waals surface area contributed by atoms with Crippen molar-refractivity contribution >= 4 is 43.9 Å². The Bertz CT molecular complexity index is 2850. The Morgan fingerprint density at radius 3 is 1.54 bits per heavy atom. The molecule has 0 radical (unpaired) electrons. The average Bonchev–Trinajstić information content (AvgIpc) is 3.76. The van der Waals surface area contributed by atoms with Gasteiger partial charge in [-0.3, -0.25) is 0 Å². The number of furan rings is 2. The summed E-state index contributed by atoms with van der Waals surface area (Å²) in [7, 11) is 0. The molecule has 0 unspecified atom stereocenters. The predicted molar refractivity (Wildman–Crippen MR) is 202 cm³/mol. The summed E-state index contributed by atoms with van der Waals surface area (Å²) in [5, 5.41) is 4.19. The smallest absolute Gasteiger partial charge is 0.167 e. The first kappa shape index (κ1) is 28.2. The molecule has 0 N–H and O–H groups in total. The molecule has 7 aromatic carbocycles. The van der Waals surface area contributed by atoms with Crippen LogP contribution in [-0.2, 0) is 0 Å². The number of para-hydroxylation sites is 2. The number of hydrogen-bond donors (Lipinski definition) is 0. The molecule has 5 nitrogen and oxygen atoms in total. The molecule has 3 heterocycles. The molecule has 0 atom stereocenters. The Morgan fingerprint density at radius 2 is 0.800 bits per heavy atom. The predicted octanol–water partition coefficient (Wildman–Crippen LogP) is 12.0. The van der Waals surface area contributed by atoms with Crippen LogP contribution in [0, 0.1) is 0 Å². The number of hydrogen-bond acceptors (Lipinski definition) is 5. The maximum atomic E-state index is 6.47. The Balaban J connectivity index is 1.13. The molecule has 3 aromatic heterocycles. The quantitative estimate of drug-likeness (QED) is 0.187. The SMILES string of the molecule is c1ccc(-c2ccc(-c3nc(-c4ccc5c(c4)oc4cc(-c6ccccc6)ccc45)nc(-c4cccc5c4oc4ccccc45)n3)cc2)cc1. The van der Waals surface area contributed by atoms with Crippen molar-refractivity contribution < 1.29 is 8.83 Å². The summed E-state index contributed by atoms with van der Waals surface area (Å²) in [6, 6.07) is 55.8. The minimum atomic E-state index is 0.541. The second-order valence-corrected chi connectivity index (χ2v) is 12.4. The summed E-state index contributed by atoms with van der Waals surface area (Å²) in [6.07, 6.45) is 0. The summed E-state index contributed by atoms with van der Waals surface area (Å²) in [6.45, 7) is 0. The second-order valence-electron chi connectivity index (χ2n) is 12.4. The summed E-state index contributed by atoms with van der Waals surface area (Å²) in [5.74, 6) is 1.67. The third-order valence-corrected chi connectivity index (χ3v) is 9.37. The molecule has 0 aliphatic heterocycles. The molecular formula is C45H27N3O2. The fourth-order valence-electron chi connectivity index (χ4n) is 6.85. The van der Waals surface area contributed by atoms with Gasteiger partial charge in [0.2, 0.25) is 0 Å². The third kappa shape index (κ3) is 4.75. The summed E-state index contributed by atoms with van der Waals surface area (Å²) in [5.41, 5.74) is 10.3. The minimum absolute atomic E-state index is 0.541. The van der Waals surface area contributed by atoms with Gasteiger partial charge in [0.1, 0.15) is 22.3 Å². The monoisotopic (exact) mass is 641 g/mol. The van der Waals surface area contributed by atoms with E-state index in [1.807, 2.05) is 72.8 Å². The van der Waals surface area contributed by atoms with E-state index in [0.29, 0.717) is 17.5 Å². The van der Waals surface area contributed by atoms with Crippen LogP contribution in [0.4, 0.5) is 0 Å². The molecule has 10 aromatic rings. The van der Waals surface area contributed by atoms with Gasteiger partial charge in [0.15, 0.2) is 17.5 Å². The molecule has 0 saturated carbocycles. The van der Waals surface area contributed by atoms with E-state index in [1.54, 1.807) is 0 Å². The number of benzene rings is 7. The zero-order valence-electron chi connectivity index (χ0n) is 26.7. The van der Waals surface area contributed by atoms with Crippen LogP contribution in [0.3, 0.4) is 0 Å². The van der Waals surface area contributed by atoms with E-state index in [9.17, 15) is 0 Å². The van der Waals surface area contributed by atoms with Crippen molar-refractivity contribution in [2.45, 2.75) is 0 Å². The van der Waals surface area contributed by atoms with Crippen LogP contribution in [0.25, 0.3) is 100 Å². The maximum absolute atomic E-state index is 6.47. The number of nitrogens with zero attached hydrogens (tertiary/aromatic N) is 3. The Labute approximate surface area is 287 Å². The molecule has 0 bridgehead atoms. The van der Waals surface area contributed by atoms with E-state index in [1.165, 1.54) is 0 Å². The number of aromatic nitrogens is 3. The molecule has 10 rings (SSSR count). The van der Waals surface area contributed by atoms with Gasteiger partial charge in [-0.1, -0.05) is 127 Å². The highest BCUT2D eigenvalue weighted by Crippen LogP contribution is 2.37. The lowest BCUT2D eigenvalue weighted by Gasteiger charge is -2.09. The third-order valence-electron chi connectivity index (χ3n) is 9.37. The maximum Gasteiger partial charge on any atom is 0.167 e. The van der Waals surface area contributed by atoms with E-state index in [4.69, 9.17) is 23.8 Å². The van der Waals surface area contributed by atoms with Gasteiger partial charge in [-0.2, -0.15) is 0 Å². The van der Waals surface area contributed by atoms with E-state index in [0.717, 1.165) is 82.8 Å². The van der Waals surface area contributed by atoms with Crippen molar-refractivity contribution in [1.82, 2.24) is 15.0 Å². The highest BCUT2D eigenvalue weighted by atomic mass is 16.3. The first-order chi connectivity index (χ1) is 24.7. The van der Waals surface area contributed by atoms with E-state index in [-0.39, 0.29) is 0 Å². The van der Waals surface area contributed by atoms with Crippen LogP contribution >= 0.6 is 0 Å². The number of rotatable bonds is 5. The summed E-state index contributed by atoms with van der Waals surface area (Å²) >= 11 is 0. The largest absolute Gasteiger partial charge is 0.456 e. The fraction of sp³-hybridized carbons (Fsp3) is 0. The van der Waals surface area contributed by atoms with E-state index < -0.39 is 0 Å². The first-order valence-electron chi connectivity index (χ1n) is 16.6. The first-order valence-corrected chi connectivity index (χ1v) is 16.6. The Hall–Kier alpha value is -6.85. The standard InChI is InChI=1S/C45H27N3O2/c1-3-10-28(11-4-1)30-18-20-31(21-19-30)43-46-44(48-45(47-43)38-16-9-15-37-34-14-7-8-17-39(34)50-42(37)38)33-23-25-36-35-24-22-32(29-12-5-2-6-13-29)26-40(35)49-41(36)27-33/h1-27H. The van der Waals surface area contributed by atoms with Gasteiger partial charge < -0.3 is 8.83 Å². The van der Waals surface area contributed by atoms with Gasteiger partial charge in [0, 0.05) is 32.7 Å². The van der Waals surface area contributed by atoms with Gasteiger partial charge in [-0.05, 0) is 58.7 Å². The van der Waals surface area contributed by atoms with Crippen molar-refractivity contribution in [3.63, 3.8) is 0 Å². The molecule has 0 aliphatic carbocycles. The van der Waals surface area contributed by atoms with Crippen LogP contribution in [0.15, 0.2) is 173 Å². The van der Waals surface area contributed by atoms with Crippen LogP contribution in [0.2, 0.25) is 0 Å². The molecule has 0 aliphatic rings. The van der Waals surface area contributed by atoms with Gasteiger partial charge >= 0.3 is 0 Å². The fourth-order valence-corrected chi connectivity index (χ4v) is 6.85. The molecule has 50 heavy (non-hydrogen) atoms. The van der Waals surface area contributed by atoms with Gasteiger partial charge in [0.25, 0.3) is 0 Å². The zero-order valence-corrected chi connectivity index (χ0v) is 26.7. The molecule has 234 valence electrons. The van der Waals surface area contributed by atoms with E-state index in [2.05, 4.69) is 91.0 Å². The lowest BCUT2D eigenvalue weighted by atomic mass is 10.0. The van der Waals surface area contributed by atoms with Crippen LogP contribution in [0.1, 0.15) is 0 Å². The summed E-state index contributed by atoms with van der Waals surface area (Å²) in [4.78, 5) is 15.2. The average molecular weight is 642 g/mol. The Morgan fingerprint density at radius 1 is 0.300 bits per heavy atom. The topological polar surface area (TPSA) is 65.0 Å². The molecule has 0 fully saturated rings. The molecule has 5 heteroatoms. The number of fused-ring (bicyclic) bond motifs is 6. The van der Waals surface area contributed by atoms with Crippen molar-refractivity contribution in [2.24, 2.45) is 0 Å². The lowest BCUT2D eigenvalue weighted by Crippen LogP contribution is -2.00. The van der Waals surface area contributed by atoms with Crippen LogP contribution < -0.4 is 0 Å². The second kappa shape index (κ2) is 11.4. The van der Waals surface area contributed by atoms with Gasteiger partial charge in [-0.25, -0.2) is 15.0 Å². The van der Waals surface area contributed by atoms with Crippen molar-refractivity contribution in [1.29, 1.82) is 0 Å². The molecule has 0 saturated heterocycles. The van der Waals surface area contributed by atoms with Crippen molar-refractivity contribution in [2.75, 3.05) is 0 Å². The molecular weight excluding hydrogens is 615 g/mol. The van der Waals surface area contributed by atoms with Crippen molar-refractivity contribution in [3.05, 3.63) is 164 Å². The van der Waals surface area contributed by atoms with E-state index >= 15 is 0 Å². The van der Waals surface area contributed by atoms with Gasteiger partial charge in [-0.15, -0.1) is 0 Å².